The molecule has 2 fully saturated rings. The Morgan fingerprint density at radius 1 is 1.50 bits per heavy atom. The number of hydrogen-bond acceptors (Lipinski definition) is 3. The van der Waals surface area contributed by atoms with Crippen molar-refractivity contribution < 1.29 is 4.79 Å². The molecule has 1 aliphatic heterocycles. The van der Waals surface area contributed by atoms with E-state index in [9.17, 15) is 4.79 Å². The van der Waals surface area contributed by atoms with Crippen molar-refractivity contribution in [3.63, 3.8) is 0 Å². The third-order valence-corrected chi connectivity index (χ3v) is 5.86. The van der Waals surface area contributed by atoms with Crippen LogP contribution in [0.2, 0.25) is 0 Å². The number of amides is 1. The second kappa shape index (κ2) is 5.15. The van der Waals surface area contributed by atoms with E-state index in [0.29, 0.717) is 23.8 Å². The summed E-state index contributed by atoms with van der Waals surface area (Å²) in [6.07, 6.45) is 2.28. The molecule has 110 valence electrons. The molecule has 1 aromatic rings. The quantitative estimate of drug-likeness (QED) is 0.923. The molecule has 0 radical (unpaired) electrons. The van der Waals surface area contributed by atoms with Gasteiger partial charge in [-0.15, -0.1) is 11.3 Å². The zero-order valence-corrected chi connectivity index (χ0v) is 13.5. The summed E-state index contributed by atoms with van der Waals surface area (Å²) in [5.41, 5.74) is 0. The second-order valence-corrected chi connectivity index (χ2v) is 7.73. The highest BCUT2D eigenvalue weighted by molar-refractivity contribution is 7.12. The molecule has 0 spiro atoms. The minimum absolute atomic E-state index is 0.0137. The first-order valence-corrected chi connectivity index (χ1v) is 8.49. The molecular weight excluding hydrogens is 268 g/mol. The van der Waals surface area contributed by atoms with Crippen LogP contribution >= 0.6 is 11.3 Å². The second-order valence-electron chi connectivity index (χ2n) is 6.41. The molecule has 3 rings (SSSR count). The number of rotatable bonds is 4. The fourth-order valence-corrected chi connectivity index (χ4v) is 4.05. The lowest BCUT2D eigenvalue weighted by molar-refractivity contribution is -0.131. The van der Waals surface area contributed by atoms with E-state index in [0.717, 1.165) is 12.8 Å². The molecule has 1 amide bonds. The van der Waals surface area contributed by atoms with E-state index < -0.39 is 0 Å². The van der Waals surface area contributed by atoms with Crippen molar-refractivity contribution in [3.8, 4) is 0 Å². The maximum Gasteiger partial charge on any atom is 0.241 e. The first-order chi connectivity index (χ1) is 9.52. The molecule has 1 saturated heterocycles. The SMILES string of the molecule is CCC(C)C1NC(c2ccc(C)s2)N(C2CC2C)C1=O. The lowest BCUT2D eigenvalue weighted by Gasteiger charge is -2.23. The predicted octanol–water partition coefficient (Wildman–Crippen LogP) is 3.31. The highest BCUT2D eigenvalue weighted by atomic mass is 32.1. The largest absolute Gasteiger partial charge is 0.317 e. The zero-order chi connectivity index (χ0) is 14.4. The highest BCUT2D eigenvalue weighted by Gasteiger charge is 2.51. The summed E-state index contributed by atoms with van der Waals surface area (Å²) in [7, 11) is 0. The average molecular weight is 292 g/mol. The molecule has 5 unspecified atom stereocenters. The molecule has 1 aromatic heterocycles. The van der Waals surface area contributed by atoms with Crippen LogP contribution in [0.3, 0.4) is 0 Å². The van der Waals surface area contributed by atoms with Crippen LogP contribution in [-0.4, -0.2) is 22.9 Å². The summed E-state index contributed by atoms with van der Waals surface area (Å²) in [4.78, 5) is 17.5. The van der Waals surface area contributed by atoms with Crippen LogP contribution < -0.4 is 5.32 Å². The fraction of sp³-hybridized carbons (Fsp3) is 0.688. The molecule has 0 bridgehead atoms. The van der Waals surface area contributed by atoms with Crippen molar-refractivity contribution in [2.45, 2.75) is 58.8 Å². The van der Waals surface area contributed by atoms with Crippen molar-refractivity contribution in [1.82, 2.24) is 10.2 Å². The van der Waals surface area contributed by atoms with Crippen LogP contribution in [0, 0.1) is 18.8 Å². The van der Waals surface area contributed by atoms with Gasteiger partial charge in [0.05, 0.1) is 6.04 Å². The molecule has 2 aliphatic rings. The molecule has 3 nitrogen and oxygen atoms in total. The van der Waals surface area contributed by atoms with Gasteiger partial charge in [-0.2, -0.15) is 0 Å². The van der Waals surface area contributed by atoms with Gasteiger partial charge in [0.25, 0.3) is 0 Å². The minimum atomic E-state index is -0.0137. The molecular formula is C16H24N2OS. The van der Waals surface area contributed by atoms with Crippen molar-refractivity contribution in [1.29, 1.82) is 0 Å². The van der Waals surface area contributed by atoms with Gasteiger partial charge in [0.2, 0.25) is 5.91 Å². The average Bonchev–Trinajstić information content (AvgIpc) is 2.84. The molecule has 4 heteroatoms. The number of nitrogens with one attached hydrogen (secondary N) is 1. The van der Waals surface area contributed by atoms with Crippen LogP contribution in [0.15, 0.2) is 12.1 Å². The lowest BCUT2D eigenvalue weighted by Crippen LogP contribution is -2.36. The zero-order valence-electron chi connectivity index (χ0n) is 12.7. The summed E-state index contributed by atoms with van der Waals surface area (Å²) >= 11 is 1.80. The summed E-state index contributed by atoms with van der Waals surface area (Å²) in [5, 5.41) is 3.60. The smallest absolute Gasteiger partial charge is 0.241 e. The molecule has 5 atom stereocenters. The van der Waals surface area contributed by atoms with Gasteiger partial charge in [0, 0.05) is 15.8 Å². The summed E-state index contributed by atoms with van der Waals surface area (Å²) in [5.74, 6) is 1.36. The topological polar surface area (TPSA) is 32.3 Å². The molecule has 1 aliphatic carbocycles. The summed E-state index contributed by atoms with van der Waals surface area (Å²) < 4.78 is 0. The van der Waals surface area contributed by atoms with E-state index in [-0.39, 0.29) is 12.2 Å². The summed E-state index contributed by atoms with van der Waals surface area (Å²) in [6, 6.07) is 4.75. The first-order valence-electron chi connectivity index (χ1n) is 7.67. The number of nitrogens with zero attached hydrogens (tertiary/aromatic N) is 1. The Kier molecular flexibility index (Phi) is 3.63. The Labute approximate surface area is 125 Å². The van der Waals surface area contributed by atoms with Gasteiger partial charge in [-0.3, -0.25) is 10.1 Å². The standard InChI is InChI=1S/C16H24N2OS/c1-5-9(2)14-16(19)18(12-8-10(12)3)15(17-14)13-7-6-11(4)20-13/h6-7,9-10,12,14-15,17H,5,8H2,1-4H3. The van der Waals surface area contributed by atoms with E-state index in [4.69, 9.17) is 0 Å². The Balaban J connectivity index is 1.88. The fourth-order valence-electron chi connectivity index (χ4n) is 3.12. The number of carbonyl (C=O) groups excluding carboxylic acids is 1. The maximum absolute atomic E-state index is 12.8. The van der Waals surface area contributed by atoms with E-state index >= 15 is 0 Å². The highest BCUT2D eigenvalue weighted by Crippen LogP contribution is 2.43. The van der Waals surface area contributed by atoms with Crippen LogP contribution in [0.4, 0.5) is 0 Å². The van der Waals surface area contributed by atoms with Gasteiger partial charge in [-0.05, 0) is 37.3 Å². The Hall–Kier alpha value is -0.870. The van der Waals surface area contributed by atoms with Gasteiger partial charge in [-0.25, -0.2) is 0 Å². The van der Waals surface area contributed by atoms with Gasteiger partial charge in [-0.1, -0.05) is 27.2 Å². The predicted molar refractivity (Wildman–Crippen MR) is 82.6 cm³/mol. The van der Waals surface area contributed by atoms with Crippen LogP contribution in [0.25, 0.3) is 0 Å². The lowest BCUT2D eigenvalue weighted by atomic mass is 9.99. The van der Waals surface area contributed by atoms with Crippen LogP contribution in [0.5, 0.6) is 0 Å². The maximum atomic E-state index is 12.8. The van der Waals surface area contributed by atoms with E-state index in [1.165, 1.54) is 9.75 Å². The van der Waals surface area contributed by atoms with E-state index in [1.807, 2.05) is 0 Å². The number of thiophene rings is 1. The van der Waals surface area contributed by atoms with Gasteiger partial charge >= 0.3 is 0 Å². The molecule has 0 aromatic carbocycles. The Bertz CT molecular complexity index is 512. The minimum Gasteiger partial charge on any atom is -0.317 e. The molecule has 20 heavy (non-hydrogen) atoms. The Morgan fingerprint density at radius 2 is 2.20 bits per heavy atom. The number of carbonyl (C=O) groups is 1. The van der Waals surface area contributed by atoms with Crippen molar-refractivity contribution >= 4 is 17.2 Å². The summed E-state index contributed by atoms with van der Waals surface area (Å²) in [6.45, 7) is 8.70. The van der Waals surface area contributed by atoms with Gasteiger partial charge in [0.1, 0.15) is 6.17 Å². The molecule has 1 saturated carbocycles. The van der Waals surface area contributed by atoms with Crippen LogP contribution in [-0.2, 0) is 4.79 Å². The van der Waals surface area contributed by atoms with Crippen molar-refractivity contribution in [3.05, 3.63) is 21.9 Å². The third-order valence-electron chi connectivity index (χ3n) is 4.80. The van der Waals surface area contributed by atoms with E-state index in [2.05, 4.69) is 50.0 Å². The van der Waals surface area contributed by atoms with E-state index in [1.54, 1.807) is 11.3 Å². The number of hydrogen-bond donors (Lipinski definition) is 1. The van der Waals surface area contributed by atoms with Crippen molar-refractivity contribution in [2.24, 2.45) is 11.8 Å². The number of aryl methyl sites for hydroxylation is 1. The normalized spacial score (nSPS) is 34.6. The monoisotopic (exact) mass is 292 g/mol. The Morgan fingerprint density at radius 3 is 2.70 bits per heavy atom. The first kappa shape index (κ1) is 14.1. The third kappa shape index (κ3) is 2.29. The molecule has 2 heterocycles. The van der Waals surface area contributed by atoms with Crippen molar-refractivity contribution in [2.75, 3.05) is 0 Å². The molecule has 1 N–H and O–H groups in total. The van der Waals surface area contributed by atoms with Gasteiger partial charge in [0.15, 0.2) is 0 Å². The van der Waals surface area contributed by atoms with Gasteiger partial charge < -0.3 is 4.90 Å². The van der Waals surface area contributed by atoms with Crippen LogP contribution in [0.1, 0.15) is 49.5 Å².